The summed E-state index contributed by atoms with van der Waals surface area (Å²) in [5.41, 5.74) is 4.25. The molecule has 1 N–H and O–H groups in total. The first-order valence-electron chi connectivity index (χ1n) is 13.2. The van der Waals surface area contributed by atoms with E-state index in [1.165, 1.54) is 23.8 Å². The fourth-order valence-corrected chi connectivity index (χ4v) is 6.68. The number of phenols is 1. The average molecular weight is 595 g/mol. The number of nitro benzene ring substituents is 1. The van der Waals surface area contributed by atoms with Gasteiger partial charge in [-0.05, 0) is 61.9 Å². The Hall–Kier alpha value is -3.30. The predicted octanol–water partition coefficient (Wildman–Crippen LogP) is 6.42. The third kappa shape index (κ3) is 5.05. The fourth-order valence-electron chi connectivity index (χ4n) is 6.30. The summed E-state index contributed by atoms with van der Waals surface area (Å²) in [4.78, 5) is 39.2. The number of halogens is 1. The minimum absolute atomic E-state index is 0.150. The summed E-state index contributed by atoms with van der Waals surface area (Å²) in [6, 6.07) is 11.0. The molecule has 0 saturated carbocycles. The number of rotatable bonds is 7. The molecular formula is C30H31BrN2O6. The molecule has 0 unspecified atom stereocenters. The van der Waals surface area contributed by atoms with Crippen molar-refractivity contribution in [1.82, 2.24) is 0 Å². The lowest BCUT2D eigenvalue weighted by atomic mass is 9.67. The second-order valence-corrected chi connectivity index (χ2v) is 11.8. The van der Waals surface area contributed by atoms with Gasteiger partial charge in [-0.2, -0.15) is 0 Å². The first-order valence-corrected chi connectivity index (χ1v) is 14.0. The zero-order valence-corrected chi connectivity index (χ0v) is 23.7. The van der Waals surface area contributed by atoms with Crippen LogP contribution in [0.2, 0.25) is 0 Å². The number of hydrogen-bond acceptors (Lipinski definition) is 6. The van der Waals surface area contributed by atoms with Gasteiger partial charge in [0, 0.05) is 28.1 Å². The molecule has 2 aliphatic heterocycles. The predicted molar refractivity (Wildman–Crippen MR) is 151 cm³/mol. The van der Waals surface area contributed by atoms with Crippen LogP contribution in [0.25, 0.3) is 6.08 Å². The molecule has 5 rings (SSSR count). The van der Waals surface area contributed by atoms with Crippen molar-refractivity contribution in [2.75, 3.05) is 11.5 Å². The van der Waals surface area contributed by atoms with Crippen LogP contribution in [0.15, 0.2) is 63.7 Å². The Morgan fingerprint density at radius 2 is 1.97 bits per heavy atom. The van der Waals surface area contributed by atoms with Gasteiger partial charge in [-0.1, -0.05) is 53.1 Å². The van der Waals surface area contributed by atoms with Crippen molar-refractivity contribution >= 4 is 45.2 Å². The summed E-state index contributed by atoms with van der Waals surface area (Å²) in [7, 11) is 0. The fraction of sp³-hybridized carbons (Fsp3) is 0.400. The molecule has 0 aromatic heterocycles. The van der Waals surface area contributed by atoms with Crippen LogP contribution in [0.1, 0.15) is 45.6 Å². The van der Waals surface area contributed by atoms with E-state index in [0.29, 0.717) is 13.0 Å². The van der Waals surface area contributed by atoms with Crippen LogP contribution in [0.4, 0.5) is 11.4 Å². The molecule has 2 fully saturated rings. The number of phenolic OH excluding ortho intramolecular Hbond substituents is 1. The zero-order valence-electron chi connectivity index (χ0n) is 22.1. The van der Waals surface area contributed by atoms with Crippen molar-refractivity contribution in [2.24, 2.45) is 23.7 Å². The van der Waals surface area contributed by atoms with Gasteiger partial charge in [0.1, 0.15) is 5.75 Å². The minimum Gasteiger partial charge on any atom is -0.507 e. The van der Waals surface area contributed by atoms with E-state index >= 15 is 0 Å². The summed E-state index contributed by atoms with van der Waals surface area (Å²) in [5.74, 6) is -1.40. The lowest BCUT2D eigenvalue weighted by molar-refractivity contribution is -0.384. The average Bonchev–Trinajstić information content (AvgIpc) is 3.42. The Labute approximate surface area is 235 Å². The third-order valence-electron chi connectivity index (χ3n) is 8.13. The molecule has 2 heterocycles. The Morgan fingerprint density at radius 3 is 2.69 bits per heavy atom. The van der Waals surface area contributed by atoms with Gasteiger partial charge < -0.3 is 9.84 Å². The van der Waals surface area contributed by atoms with Crippen molar-refractivity contribution in [3.8, 4) is 5.75 Å². The maximum Gasteiger partial charge on any atom is 0.271 e. The number of aromatic hydroxyl groups is 1. The Bertz CT molecular complexity index is 1410. The van der Waals surface area contributed by atoms with E-state index in [-0.39, 0.29) is 46.9 Å². The van der Waals surface area contributed by atoms with Gasteiger partial charge in [0.25, 0.3) is 5.69 Å². The molecule has 1 aliphatic carbocycles. The molecule has 0 spiro atoms. The van der Waals surface area contributed by atoms with Gasteiger partial charge in [0.05, 0.1) is 35.2 Å². The number of ether oxygens (including phenoxy) is 1. The van der Waals surface area contributed by atoms with Gasteiger partial charge in [0.15, 0.2) is 0 Å². The maximum atomic E-state index is 13.7. The van der Waals surface area contributed by atoms with Crippen molar-refractivity contribution < 1.29 is 24.4 Å². The molecule has 204 valence electrons. The maximum absolute atomic E-state index is 13.7. The summed E-state index contributed by atoms with van der Waals surface area (Å²) in [6.07, 6.45) is 3.79. The number of carbonyl (C=O) groups is 2. The molecule has 2 aromatic rings. The van der Waals surface area contributed by atoms with Crippen LogP contribution in [0.5, 0.6) is 5.75 Å². The van der Waals surface area contributed by atoms with E-state index in [1.807, 2.05) is 19.1 Å². The second-order valence-electron chi connectivity index (χ2n) is 10.9. The normalized spacial score (nSPS) is 24.9. The number of benzene rings is 2. The van der Waals surface area contributed by atoms with Gasteiger partial charge >= 0.3 is 0 Å². The molecular weight excluding hydrogens is 564 g/mol. The van der Waals surface area contributed by atoms with Crippen molar-refractivity contribution in [3.05, 3.63) is 79.3 Å². The van der Waals surface area contributed by atoms with Crippen LogP contribution < -0.4 is 4.90 Å². The van der Waals surface area contributed by atoms with Crippen molar-refractivity contribution in [2.45, 2.75) is 46.1 Å². The number of hydrogen-bond donors (Lipinski definition) is 1. The number of anilines is 1. The first kappa shape index (κ1) is 27.3. The van der Waals surface area contributed by atoms with Gasteiger partial charge in [-0.3, -0.25) is 19.7 Å². The number of imide groups is 1. The number of nitrogens with zero attached hydrogens (tertiary/aromatic N) is 2. The number of nitro groups is 1. The molecule has 9 heteroatoms. The van der Waals surface area contributed by atoms with Crippen LogP contribution in [-0.2, 0) is 14.3 Å². The molecule has 0 bridgehead atoms. The Balaban J connectivity index is 1.39. The Morgan fingerprint density at radius 1 is 1.21 bits per heavy atom. The summed E-state index contributed by atoms with van der Waals surface area (Å²) in [5, 5.41) is 21.5. The highest BCUT2D eigenvalue weighted by molar-refractivity contribution is 9.10. The molecule has 0 radical (unpaired) electrons. The number of fused-ring (bicyclic) bond motifs is 3. The van der Waals surface area contributed by atoms with Crippen LogP contribution in [0, 0.1) is 33.8 Å². The lowest BCUT2D eigenvalue weighted by Crippen LogP contribution is -2.35. The molecule has 39 heavy (non-hydrogen) atoms. The monoisotopic (exact) mass is 594 g/mol. The number of non-ortho nitro benzene ring substituents is 1. The SMILES string of the molecule is C/C(=C\c1cc(Br)ccc1O)CC[C@H]1OC[C@H]2C1=C(C(C)C)C[C@H]1C(=O)N(c3cccc([N+](=O)[O-])c3)C(=O)[C@H]12. The van der Waals surface area contributed by atoms with Crippen LogP contribution in [0.3, 0.4) is 0 Å². The molecule has 8 nitrogen and oxygen atoms in total. The van der Waals surface area contributed by atoms with Crippen LogP contribution >= 0.6 is 15.9 Å². The number of carbonyl (C=O) groups excluding carboxylic acids is 2. The first-order chi connectivity index (χ1) is 18.6. The Kier molecular flexibility index (Phi) is 7.48. The number of allylic oxidation sites excluding steroid dienone is 2. The molecule has 2 saturated heterocycles. The van der Waals surface area contributed by atoms with Gasteiger partial charge in [-0.15, -0.1) is 0 Å². The van der Waals surface area contributed by atoms with E-state index < -0.39 is 16.8 Å². The second kappa shape index (κ2) is 10.7. The van der Waals surface area contributed by atoms with Crippen molar-refractivity contribution in [1.29, 1.82) is 0 Å². The van der Waals surface area contributed by atoms with E-state index in [1.54, 1.807) is 18.2 Å². The highest BCUT2D eigenvalue weighted by Gasteiger charge is 2.57. The van der Waals surface area contributed by atoms with Crippen molar-refractivity contribution in [3.63, 3.8) is 0 Å². The van der Waals surface area contributed by atoms with E-state index in [2.05, 4.69) is 29.8 Å². The summed E-state index contributed by atoms with van der Waals surface area (Å²) < 4.78 is 7.18. The van der Waals surface area contributed by atoms with E-state index in [9.17, 15) is 24.8 Å². The minimum atomic E-state index is -0.533. The van der Waals surface area contributed by atoms with Crippen LogP contribution in [-0.4, -0.2) is 34.6 Å². The molecule has 2 amide bonds. The highest BCUT2D eigenvalue weighted by atomic mass is 79.9. The van der Waals surface area contributed by atoms with E-state index in [0.717, 1.165) is 38.9 Å². The quantitative estimate of drug-likeness (QED) is 0.171. The third-order valence-corrected chi connectivity index (χ3v) is 8.63. The van der Waals surface area contributed by atoms with Gasteiger partial charge in [-0.25, -0.2) is 4.90 Å². The molecule has 2 aromatic carbocycles. The zero-order chi connectivity index (χ0) is 28.0. The molecule has 3 aliphatic rings. The molecule has 4 atom stereocenters. The summed E-state index contributed by atoms with van der Waals surface area (Å²) >= 11 is 3.45. The standard InChI is InChI=1S/C30H31BrN2O6/c1-16(2)22-14-23-28(30(36)32(29(23)35)20-5-4-6-21(13-20)33(37)38)24-15-39-26(27(22)24)10-7-17(3)11-18-12-19(31)8-9-25(18)34/h4-6,8-9,11-13,16,23-24,26,28,34H,7,10,14-15H2,1-3H3/b17-11+/t23-,24+,26-,28-/m1/s1. The van der Waals surface area contributed by atoms with E-state index in [4.69, 9.17) is 4.74 Å². The summed E-state index contributed by atoms with van der Waals surface area (Å²) in [6.45, 7) is 6.61. The topological polar surface area (TPSA) is 110 Å². The van der Waals surface area contributed by atoms with Gasteiger partial charge in [0.2, 0.25) is 11.8 Å². The smallest absolute Gasteiger partial charge is 0.271 e. The highest BCUT2D eigenvalue weighted by Crippen LogP contribution is 2.52. The number of amides is 2. The lowest BCUT2D eigenvalue weighted by Gasteiger charge is -2.33. The largest absolute Gasteiger partial charge is 0.507 e.